The Morgan fingerprint density at radius 2 is 2.24 bits per heavy atom. The predicted molar refractivity (Wildman–Crippen MR) is 73.7 cm³/mol. The summed E-state index contributed by atoms with van der Waals surface area (Å²) < 4.78 is 21.2. The normalized spacial score (nSPS) is 24.3. The molecule has 2 fully saturated rings. The lowest BCUT2D eigenvalue weighted by Crippen LogP contribution is -2.40. The number of rotatable bonds is 4. The van der Waals surface area contributed by atoms with Crippen molar-refractivity contribution in [1.82, 2.24) is 4.90 Å². The van der Waals surface area contributed by atoms with E-state index in [0.29, 0.717) is 31.4 Å². The second kappa shape index (κ2) is 6.60. The standard InChI is InChI=1S/C15H21NO5/c1-18-14(17)13-11(4-6-19-13)9-16-5-2-3-12(10-16)15-20-7-8-21-15/h4,6,12,15H,2-3,5,7-10H2,1H3. The van der Waals surface area contributed by atoms with Crippen LogP contribution >= 0.6 is 0 Å². The number of carbonyl (C=O) groups is 1. The number of hydrogen-bond acceptors (Lipinski definition) is 6. The lowest BCUT2D eigenvalue weighted by atomic mass is 9.97. The van der Waals surface area contributed by atoms with Gasteiger partial charge in [0, 0.05) is 24.6 Å². The zero-order chi connectivity index (χ0) is 14.7. The predicted octanol–water partition coefficient (Wildman–Crippen LogP) is 1.65. The van der Waals surface area contributed by atoms with Crippen molar-refractivity contribution < 1.29 is 23.4 Å². The van der Waals surface area contributed by atoms with Crippen molar-refractivity contribution in [3.63, 3.8) is 0 Å². The molecule has 3 rings (SSSR count). The minimum Gasteiger partial charge on any atom is -0.463 e. The van der Waals surface area contributed by atoms with Gasteiger partial charge in [-0.3, -0.25) is 4.90 Å². The van der Waals surface area contributed by atoms with Gasteiger partial charge in [-0.2, -0.15) is 0 Å². The van der Waals surface area contributed by atoms with Crippen LogP contribution in [0, 0.1) is 5.92 Å². The van der Waals surface area contributed by atoms with E-state index in [1.807, 2.05) is 6.07 Å². The fourth-order valence-corrected chi connectivity index (χ4v) is 3.08. The SMILES string of the molecule is COC(=O)c1occc1CN1CCCC(C2OCCO2)C1. The maximum atomic E-state index is 11.6. The Morgan fingerprint density at radius 3 is 3.00 bits per heavy atom. The van der Waals surface area contributed by atoms with Crippen molar-refractivity contribution in [3.05, 3.63) is 23.7 Å². The largest absolute Gasteiger partial charge is 0.463 e. The minimum absolute atomic E-state index is 0.0720. The maximum Gasteiger partial charge on any atom is 0.374 e. The Bertz CT molecular complexity index is 480. The lowest BCUT2D eigenvalue weighted by Gasteiger charge is -2.34. The van der Waals surface area contributed by atoms with Crippen molar-refractivity contribution in [1.29, 1.82) is 0 Å². The van der Waals surface area contributed by atoms with E-state index < -0.39 is 5.97 Å². The van der Waals surface area contributed by atoms with Gasteiger partial charge in [0.1, 0.15) is 0 Å². The van der Waals surface area contributed by atoms with E-state index in [-0.39, 0.29) is 6.29 Å². The molecule has 0 amide bonds. The molecule has 0 radical (unpaired) electrons. The first-order chi connectivity index (χ1) is 10.3. The van der Waals surface area contributed by atoms with E-state index in [1.165, 1.54) is 13.4 Å². The summed E-state index contributed by atoms with van der Waals surface area (Å²) in [4.78, 5) is 14.0. The highest BCUT2D eigenvalue weighted by molar-refractivity contribution is 5.87. The Hall–Kier alpha value is -1.37. The number of hydrogen-bond donors (Lipinski definition) is 0. The van der Waals surface area contributed by atoms with Crippen molar-refractivity contribution >= 4 is 5.97 Å². The fraction of sp³-hybridized carbons (Fsp3) is 0.667. The molecule has 2 aliphatic heterocycles. The van der Waals surface area contributed by atoms with Gasteiger partial charge in [-0.05, 0) is 25.5 Å². The summed E-state index contributed by atoms with van der Waals surface area (Å²) in [5.41, 5.74) is 0.871. The fourth-order valence-electron chi connectivity index (χ4n) is 3.08. The van der Waals surface area contributed by atoms with E-state index in [1.54, 1.807) is 0 Å². The molecular weight excluding hydrogens is 274 g/mol. The Balaban J connectivity index is 1.62. The number of piperidine rings is 1. The van der Waals surface area contributed by atoms with E-state index in [0.717, 1.165) is 31.5 Å². The number of likely N-dealkylation sites (tertiary alicyclic amines) is 1. The summed E-state index contributed by atoms with van der Waals surface area (Å²) in [5, 5.41) is 0. The third kappa shape index (κ3) is 3.28. The molecule has 2 aliphatic rings. The monoisotopic (exact) mass is 295 g/mol. The van der Waals surface area contributed by atoms with Crippen molar-refractivity contribution in [3.8, 4) is 0 Å². The third-order valence-electron chi connectivity index (χ3n) is 4.09. The van der Waals surface area contributed by atoms with E-state index in [2.05, 4.69) is 4.90 Å². The molecule has 0 bridgehead atoms. The van der Waals surface area contributed by atoms with Gasteiger partial charge in [0.15, 0.2) is 6.29 Å². The molecule has 3 heterocycles. The molecule has 1 unspecified atom stereocenters. The van der Waals surface area contributed by atoms with Gasteiger partial charge in [-0.1, -0.05) is 0 Å². The molecular formula is C15H21NO5. The van der Waals surface area contributed by atoms with Crippen LogP contribution in [0.25, 0.3) is 0 Å². The smallest absolute Gasteiger partial charge is 0.374 e. The van der Waals surface area contributed by atoms with Gasteiger partial charge in [-0.25, -0.2) is 4.79 Å². The Kier molecular flexibility index (Phi) is 4.57. The minimum atomic E-state index is -0.425. The van der Waals surface area contributed by atoms with Crippen LogP contribution < -0.4 is 0 Å². The summed E-state index contributed by atoms with van der Waals surface area (Å²) in [7, 11) is 1.36. The van der Waals surface area contributed by atoms with Gasteiger partial charge >= 0.3 is 5.97 Å². The second-order valence-electron chi connectivity index (χ2n) is 5.51. The molecule has 0 aliphatic carbocycles. The number of methoxy groups -OCH3 is 1. The molecule has 2 saturated heterocycles. The number of nitrogens with zero attached hydrogens (tertiary/aromatic N) is 1. The molecule has 0 aromatic carbocycles. The van der Waals surface area contributed by atoms with Crippen LogP contribution in [-0.4, -0.2) is 50.6 Å². The molecule has 6 nitrogen and oxygen atoms in total. The first kappa shape index (κ1) is 14.6. The quantitative estimate of drug-likeness (QED) is 0.787. The van der Waals surface area contributed by atoms with E-state index >= 15 is 0 Å². The zero-order valence-electron chi connectivity index (χ0n) is 12.2. The molecule has 1 aromatic heterocycles. The second-order valence-corrected chi connectivity index (χ2v) is 5.51. The summed E-state index contributed by atoms with van der Waals surface area (Å²) in [5.74, 6) is 0.272. The Morgan fingerprint density at radius 1 is 1.43 bits per heavy atom. The van der Waals surface area contributed by atoms with Crippen LogP contribution in [0.2, 0.25) is 0 Å². The number of esters is 1. The van der Waals surface area contributed by atoms with Gasteiger partial charge in [0.05, 0.1) is 26.6 Å². The van der Waals surface area contributed by atoms with Gasteiger partial charge < -0.3 is 18.6 Å². The van der Waals surface area contributed by atoms with Crippen molar-refractivity contribution in [2.75, 3.05) is 33.4 Å². The molecule has 1 atom stereocenters. The van der Waals surface area contributed by atoms with Crippen LogP contribution in [0.5, 0.6) is 0 Å². The van der Waals surface area contributed by atoms with Crippen molar-refractivity contribution in [2.24, 2.45) is 5.92 Å². The van der Waals surface area contributed by atoms with Crippen LogP contribution in [0.15, 0.2) is 16.7 Å². The summed E-state index contributed by atoms with van der Waals surface area (Å²) in [6.07, 6.45) is 3.69. The number of furan rings is 1. The van der Waals surface area contributed by atoms with Crippen LogP contribution in [0.4, 0.5) is 0 Å². The van der Waals surface area contributed by atoms with Crippen LogP contribution in [0.1, 0.15) is 29.0 Å². The summed E-state index contributed by atoms with van der Waals surface area (Å²) in [6, 6.07) is 1.83. The molecule has 0 spiro atoms. The third-order valence-corrected chi connectivity index (χ3v) is 4.09. The number of carbonyl (C=O) groups excluding carboxylic acids is 1. The molecule has 116 valence electrons. The molecule has 1 aromatic rings. The topological polar surface area (TPSA) is 61.1 Å². The highest BCUT2D eigenvalue weighted by atomic mass is 16.7. The maximum absolute atomic E-state index is 11.6. The molecule has 21 heavy (non-hydrogen) atoms. The highest BCUT2D eigenvalue weighted by Crippen LogP contribution is 2.26. The number of ether oxygens (including phenoxy) is 3. The van der Waals surface area contributed by atoms with Gasteiger partial charge in [0.25, 0.3) is 0 Å². The van der Waals surface area contributed by atoms with Gasteiger partial charge in [0.2, 0.25) is 5.76 Å². The van der Waals surface area contributed by atoms with E-state index in [9.17, 15) is 4.79 Å². The summed E-state index contributed by atoms with van der Waals surface area (Å²) >= 11 is 0. The lowest BCUT2D eigenvalue weighted by molar-refractivity contribution is -0.101. The highest BCUT2D eigenvalue weighted by Gasteiger charge is 2.31. The Labute approximate surface area is 123 Å². The first-order valence-corrected chi connectivity index (χ1v) is 7.38. The molecule has 6 heteroatoms. The molecule has 0 saturated carbocycles. The van der Waals surface area contributed by atoms with E-state index in [4.69, 9.17) is 18.6 Å². The van der Waals surface area contributed by atoms with Crippen LogP contribution in [-0.2, 0) is 20.8 Å². The zero-order valence-corrected chi connectivity index (χ0v) is 12.2. The van der Waals surface area contributed by atoms with Crippen LogP contribution in [0.3, 0.4) is 0 Å². The van der Waals surface area contributed by atoms with Gasteiger partial charge in [-0.15, -0.1) is 0 Å². The van der Waals surface area contributed by atoms with Crippen molar-refractivity contribution in [2.45, 2.75) is 25.7 Å². The first-order valence-electron chi connectivity index (χ1n) is 7.38. The molecule has 0 N–H and O–H groups in total. The summed E-state index contributed by atoms with van der Waals surface area (Å²) in [6.45, 7) is 3.99. The average molecular weight is 295 g/mol. The average Bonchev–Trinajstić information content (AvgIpc) is 3.18.